The Balaban J connectivity index is 2.20. The van der Waals surface area contributed by atoms with Gasteiger partial charge in [-0.25, -0.2) is 4.79 Å². The highest BCUT2D eigenvalue weighted by molar-refractivity contribution is 6.33. The minimum Gasteiger partial charge on any atom is -0.491 e. The molecule has 0 saturated heterocycles. The van der Waals surface area contributed by atoms with Crippen LogP contribution in [0.4, 0.5) is 5.69 Å². The third-order valence-electron chi connectivity index (χ3n) is 3.27. The number of carboxylic acids is 1. The van der Waals surface area contributed by atoms with Gasteiger partial charge in [0, 0.05) is 12.2 Å². The number of methoxy groups -OCH3 is 1. The third kappa shape index (κ3) is 4.24. The molecule has 128 valence electrons. The maximum atomic E-state index is 11.1. The van der Waals surface area contributed by atoms with E-state index in [4.69, 9.17) is 37.8 Å². The van der Waals surface area contributed by atoms with E-state index in [-0.39, 0.29) is 10.6 Å². The number of carbonyl (C=O) groups is 1. The number of hydrogen-bond donors (Lipinski definition) is 2. The third-order valence-corrected chi connectivity index (χ3v) is 3.88. The normalized spacial score (nSPS) is 10.3. The monoisotopic (exact) mass is 369 g/mol. The van der Waals surface area contributed by atoms with Crippen LogP contribution in [0, 0.1) is 0 Å². The van der Waals surface area contributed by atoms with Gasteiger partial charge in [0.2, 0.25) is 0 Å². The van der Waals surface area contributed by atoms with Crippen molar-refractivity contribution in [3.8, 4) is 11.5 Å². The van der Waals surface area contributed by atoms with Crippen molar-refractivity contribution in [3.05, 3.63) is 51.5 Å². The maximum Gasteiger partial charge on any atom is 0.337 e. The molecule has 2 aromatic carbocycles. The number of hydrogen-bond acceptors (Lipinski definition) is 4. The van der Waals surface area contributed by atoms with Crippen LogP contribution >= 0.6 is 23.2 Å². The first-order valence-electron chi connectivity index (χ1n) is 7.22. The van der Waals surface area contributed by atoms with E-state index in [1.807, 2.05) is 13.0 Å². The summed E-state index contributed by atoms with van der Waals surface area (Å²) in [4.78, 5) is 11.1. The lowest BCUT2D eigenvalue weighted by Crippen LogP contribution is -2.04. The molecule has 0 radical (unpaired) electrons. The van der Waals surface area contributed by atoms with Gasteiger partial charge in [-0.1, -0.05) is 23.2 Å². The summed E-state index contributed by atoms with van der Waals surface area (Å²) in [6.45, 7) is 2.80. The summed E-state index contributed by atoms with van der Waals surface area (Å²) in [6.07, 6.45) is 0. The molecule has 0 unspecified atom stereocenters. The van der Waals surface area contributed by atoms with Crippen LogP contribution < -0.4 is 14.8 Å². The van der Waals surface area contributed by atoms with Gasteiger partial charge in [0.1, 0.15) is 0 Å². The molecule has 0 aliphatic rings. The molecule has 0 saturated carbocycles. The zero-order chi connectivity index (χ0) is 17.7. The molecule has 2 aromatic rings. The lowest BCUT2D eigenvalue weighted by molar-refractivity contribution is 0.0697. The van der Waals surface area contributed by atoms with E-state index in [2.05, 4.69) is 5.32 Å². The molecule has 0 aliphatic heterocycles. The van der Waals surface area contributed by atoms with E-state index in [0.717, 1.165) is 5.56 Å². The Labute approximate surface area is 150 Å². The van der Waals surface area contributed by atoms with Gasteiger partial charge in [-0.2, -0.15) is 0 Å². The van der Waals surface area contributed by atoms with Crippen molar-refractivity contribution in [2.75, 3.05) is 19.0 Å². The molecule has 2 N–H and O–H groups in total. The highest BCUT2D eigenvalue weighted by Crippen LogP contribution is 2.36. The van der Waals surface area contributed by atoms with Crippen molar-refractivity contribution < 1.29 is 19.4 Å². The molecule has 0 atom stereocenters. The van der Waals surface area contributed by atoms with Crippen molar-refractivity contribution >= 4 is 34.9 Å². The fraction of sp³-hybridized carbons (Fsp3) is 0.235. The van der Waals surface area contributed by atoms with Crippen LogP contribution in [0.15, 0.2) is 30.3 Å². The van der Waals surface area contributed by atoms with Gasteiger partial charge in [-0.05, 0) is 42.8 Å². The number of aromatic carboxylic acids is 1. The molecule has 2 rings (SSSR count). The Hall–Kier alpha value is -2.11. The minimum atomic E-state index is -1.07. The maximum absolute atomic E-state index is 11.1. The topological polar surface area (TPSA) is 67.8 Å². The number of carboxylic acid groups (broad SMARTS) is 1. The molecule has 0 aromatic heterocycles. The molecule has 0 fully saturated rings. The molecule has 7 heteroatoms. The second-order valence-corrected chi connectivity index (χ2v) is 5.71. The van der Waals surface area contributed by atoms with E-state index in [1.54, 1.807) is 18.2 Å². The van der Waals surface area contributed by atoms with Gasteiger partial charge in [-0.15, -0.1) is 0 Å². The van der Waals surface area contributed by atoms with E-state index < -0.39 is 5.97 Å². The molecule has 0 bridgehead atoms. The molecule has 24 heavy (non-hydrogen) atoms. The Morgan fingerprint density at radius 3 is 2.58 bits per heavy atom. The van der Waals surface area contributed by atoms with Gasteiger partial charge in [0.15, 0.2) is 11.5 Å². The first kappa shape index (κ1) is 18.2. The summed E-state index contributed by atoms with van der Waals surface area (Å²) < 4.78 is 10.8. The van der Waals surface area contributed by atoms with Crippen LogP contribution in [0.2, 0.25) is 10.0 Å². The van der Waals surface area contributed by atoms with E-state index in [9.17, 15) is 4.79 Å². The van der Waals surface area contributed by atoms with Crippen LogP contribution in [0.5, 0.6) is 11.5 Å². The van der Waals surface area contributed by atoms with E-state index >= 15 is 0 Å². The Morgan fingerprint density at radius 1 is 1.21 bits per heavy atom. The van der Waals surface area contributed by atoms with E-state index in [1.165, 1.54) is 13.2 Å². The van der Waals surface area contributed by atoms with Crippen LogP contribution in [0.1, 0.15) is 22.8 Å². The van der Waals surface area contributed by atoms with Crippen molar-refractivity contribution in [1.29, 1.82) is 0 Å². The van der Waals surface area contributed by atoms with Crippen LogP contribution in [-0.2, 0) is 6.54 Å². The smallest absolute Gasteiger partial charge is 0.337 e. The lowest BCUT2D eigenvalue weighted by atomic mass is 10.1. The average Bonchev–Trinajstić information content (AvgIpc) is 2.54. The number of benzene rings is 2. The quantitative estimate of drug-likeness (QED) is 0.739. The molecule has 5 nitrogen and oxygen atoms in total. The fourth-order valence-electron chi connectivity index (χ4n) is 2.19. The molecular formula is C17H17Cl2NO4. The predicted molar refractivity (Wildman–Crippen MR) is 94.9 cm³/mol. The molecule has 0 amide bonds. The number of nitrogens with one attached hydrogen (secondary N) is 1. The van der Waals surface area contributed by atoms with Gasteiger partial charge in [0.25, 0.3) is 0 Å². The zero-order valence-electron chi connectivity index (χ0n) is 13.2. The van der Waals surface area contributed by atoms with Crippen LogP contribution in [0.25, 0.3) is 0 Å². The molecule has 0 aliphatic carbocycles. The standard InChI is InChI=1S/C17H17Cl2NO4/c1-3-24-15-7-10(6-14(19)16(15)23-2)9-20-11-4-5-13(18)12(8-11)17(21)22/h4-8,20H,3,9H2,1-2H3,(H,21,22). The first-order valence-corrected chi connectivity index (χ1v) is 7.97. The first-order chi connectivity index (χ1) is 11.5. The predicted octanol–water partition coefficient (Wildman–Crippen LogP) is 4.71. The number of rotatable bonds is 7. The van der Waals surface area contributed by atoms with Crippen LogP contribution in [0.3, 0.4) is 0 Å². The number of anilines is 1. The van der Waals surface area contributed by atoms with Crippen molar-refractivity contribution in [2.24, 2.45) is 0 Å². The van der Waals surface area contributed by atoms with Gasteiger partial charge < -0.3 is 19.9 Å². The highest BCUT2D eigenvalue weighted by Gasteiger charge is 2.12. The summed E-state index contributed by atoms with van der Waals surface area (Å²) in [7, 11) is 1.53. The molecular weight excluding hydrogens is 353 g/mol. The Bertz CT molecular complexity index is 750. The van der Waals surface area contributed by atoms with E-state index in [0.29, 0.717) is 35.4 Å². The van der Waals surface area contributed by atoms with Crippen molar-refractivity contribution in [1.82, 2.24) is 0 Å². The van der Waals surface area contributed by atoms with Crippen molar-refractivity contribution in [2.45, 2.75) is 13.5 Å². The summed E-state index contributed by atoms with van der Waals surface area (Å²) in [5.74, 6) is -0.0247. The highest BCUT2D eigenvalue weighted by atomic mass is 35.5. The largest absolute Gasteiger partial charge is 0.491 e. The molecule has 0 heterocycles. The number of ether oxygens (including phenoxy) is 2. The Morgan fingerprint density at radius 2 is 1.96 bits per heavy atom. The second kappa shape index (κ2) is 8.13. The summed E-state index contributed by atoms with van der Waals surface area (Å²) in [5, 5.41) is 12.9. The average molecular weight is 370 g/mol. The fourth-order valence-corrected chi connectivity index (χ4v) is 2.70. The lowest BCUT2D eigenvalue weighted by Gasteiger charge is -2.14. The zero-order valence-corrected chi connectivity index (χ0v) is 14.7. The minimum absolute atomic E-state index is 0.0458. The Kier molecular flexibility index (Phi) is 6.17. The second-order valence-electron chi connectivity index (χ2n) is 4.90. The summed E-state index contributed by atoms with van der Waals surface area (Å²) in [6, 6.07) is 8.34. The summed E-state index contributed by atoms with van der Waals surface area (Å²) >= 11 is 12.1. The number of halogens is 2. The molecule has 0 spiro atoms. The van der Waals surface area contributed by atoms with Crippen molar-refractivity contribution in [3.63, 3.8) is 0 Å². The van der Waals surface area contributed by atoms with Gasteiger partial charge in [0.05, 0.1) is 29.3 Å². The summed E-state index contributed by atoms with van der Waals surface area (Å²) in [5.41, 5.74) is 1.56. The SMILES string of the molecule is CCOc1cc(CNc2ccc(Cl)c(C(=O)O)c2)cc(Cl)c1OC. The van der Waals surface area contributed by atoms with Crippen LogP contribution in [-0.4, -0.2) is 24.8 Å². The van der Waals surface area contributed by atoms with Gasteiger partial charge >= 0.3 is 5.97 Å². The van der Waals surface area contributed by atoms with Gasteiger partial charge in [-0.3, -0.25) is 0 Å².